The van der Waals surface area contributed by atoms with Gasteiger partial charge in [-0.3, -0.25) is 19.5 Å². The number of rotatable bonds is 9. The Balaban J connectivity index is 1.37. The Morgan fingerprint density at radius 2 is 1.74 bits per heavy atom. The zero-order valence-electron chi connectivity index (χ0n) is 21.2. The van der Waals surface area contributed by atoms with E-state index in [2.05, 4.69) is 9.88 Å². The second kappa shape index (κ2) is 12.0. The van der Waals surface area contributed by atoms with Crippen molar-refractivity contribution in [1.82, 2.24) is 14.8 Å². The zero-order chi connectivity index (χ0) is 26.3. The van der Waals surface area contributed by atoms with Crippen LogP contribution in [0.5, 0.6) is 5.75 Å². The SMILES string of the molecule is O=C1C(=O)N(CCCN2CCOCC2)C(c2cccnc2)/C1=C(\O)c1ccc(OCc2ccccc2)cc1. The van der Waals surface area contributed by atoms with Crippen LogP contribution in [0.1, 0.15) is 29.2 Å². The monoisotopic (exact) mass is 513 g/mol. The van der Waals surface area contributed by atoms with E-state index in [1.807, 2.05) is 36.4 Å². The van der Waals surface area contributed by atoms with Crippen molar-refractivity contribution >= 4 is 17.4 Å². The molecule has 8 nitrogen and oxygen atoms in total. The van der Waals surface area contributed by atoms with Crippen LogP contribution in [0, 0.1) is 0 Å². The zero-order valence-corrected chi connectivity index (χ0v) is 21.2. The number of morpholine rings is 1. The summed E-state index contributed by atoms with van der Waals surface area (Å²) < 4.78 is 11.3. The molecule has 0 bridgehead atoms. The molecule has 5 rings (SSSR count). The average Bonchev–Trinajstić information content (AvgIpc) is 3.22. The summed E-state index contributed by atoms with van der Waals surface area (Å²) in [6.07, 6.45) is 3.98. The van der Waals surface area contributed by atoms with Crippen LogP contribution in [0.4, 0.5) is 0 Å². The smallest absolute Gasteiger partial charge is 0.295 e. The van der Waals surface area contributed by atoms with Gasteiger partial charge in [0.1, 0.15) is 18.1 Å². The fourth-order valence-electron chi connectivity index (χ4n) is 4.89. The lowest BCUT2D eigenvalue weighted by molar-refractivity contribution is -0.140. The summed E-state index contributed by atoms with van der Waals surface area (Å²) in [7, 11) is 0. The molecule has 2 fully saturated rings. The van der Waals surface area contributed by atoms with Gasteiger partial charge in [-0.05, 0) is 47.9 Å². The molecule has 1 atom stereocenters. The van der Waals surface area contributed by atoms with Crippen LogP contribution in [-0.4, -0.2) is 71.0 Å². The van der Waals surface area contributed by atoms with Gasteiger partial charge in [0.15, 0.2) is 0 Å². The summed E-state index contributed by atoms with van der Waals surface area (Å²) in [6.45, 7) is 4.74. The van der Waals surface area contributed by atoms with Gasteiger partial charge < -0.3 is 19.5 Å². The van der Waals surface area contributed by atoms with Crippen LogP contribution < -0.4 is 4.74 Å². The first-order valence-electron chi connectivity index (χ1n) is 12.9. The number of nitrogens with zero attached hydrogens (tertiary/aromatic N) is 3. The van der Waals surface area contributed by atoms with E-state index in [1.165, 1.54) is 0 Å². The van der Waals surface area contributed by atoms with Crippen molar-refractivity contribution in [3.05, 3.63) is 101 Å². The first-order valence-corrected chi connectivity index (χ1v) is 12.9. The van der Waals surface area contributed by atoms with Crippen molar-refractivity contribution < 1.29 is 24.2 Å². The molecule has 8 heteroatoms. The molecule has 0 spiro atoms. The van der Waals surface area contributed by atoms with Gasteiger partial charge in [-0.2, -0.15) is 0 Å². The van der Waals surface area contributed by atoms with Crippen LogP contribution >= 0.6 is 0 Å². The van der Waals surface area contributed by atoms with Crippen molar-refractivity contribution in [3.8, 4) is 5.75 Å². The second-order valence-electron chi connectivity index (χ2n) is 9.39. The number of aromatic nitrogens is 1. The number of benzene rings is 2. The van der Waals surface area contributed by atoms with Gasteiger partial charge in [0.25, 0.3) is 11.7 Å². The molecule has 0 radical (unpaired) electrons. The van der Waals surface area contributed by atoms with Gasteiger partial charge in [-0.15, -0.1) is 0 Å². The number of hydrogen-bond acceptors (Lipinski definition) is 7. The maximum Gasteiger partial charge on any atom is 0.295 e. The summed E-state index contributed by atoms with van der Waals surface area (Å²) in [5.41, 5.74) is 2.25. The number of aliphatic hydroxyl groups is 1. The number of hydrogen-bond donors (Lipinski definition) is 1. The van der Waals surface area contributed by atoms with E-state index in [9.17, 15) is 14.7 Å². The third-order valence-corrected chi connectivity index (χ3v) is 6.89. The van der Waals surface area contributed by atoms with Gasteiger partial charge in [0.2, 0.25) is 0 Å². The lowest BCUT2D eigenvalue weighted by Crippen LogP contribution is -2.39. The lowest BCUT2D eigenvalue weighted by atomic mass is 9.96. The molecule has 2 aliphatic heterocycles. The summed E-state index contributed by atoms with van der Waals surface area (Å²) in [5.74, 6) is -0.863. The molecule has 1 amide bonds. The normalized spacial score (nSPS) is 19.6. The third-order valence-electron chi connectivity index (χ3n) is 6.89. The highest BCUT2D eigenvalue weighted by Crippen LogP contribution is 2.39. The first-order chi connectivity index (χ1) is 18.6. The van der Waals surface area contributed by atoms with E-state index < -0.39 is 17.7 Å². The maximum atomic E-state index is 13.2. The number of Topliss-reactive ketones (excluding diaryl/α,β-unsaturated/α-hetero) is 1. The molecule has 196 valence electrons. The average molecular weight is 514 g/mol. The van der Waals surface area contributed by atoms with Crippen LogP contribution in [0.15, 0.2) is 84.7 Å². The summed E-state index contributed by atoms with van der Waals surface area (Å²) in [5, 5.41) is 11.3. The predicted molar refractivity (Wildman–Crippen MR) is 142 cm³/mol. The highest BCUT2D eigenvalue weighted by molar-refractivity contribution is 6.46. The highest BCUT2D eigenvalue weighted by atomic mass is 16.5. The number of carbonyl (C=O) groups is 2. The fraction of sp³-hybridized carbons (Fsp3) is 0.300. The molecule has 1 N–H and O–H groups in total. The number of amides is 1. The molecule has 3 aromatic rings. The molecule has 2 saturated heterocycles. The van der Waals surface area contributed by atoms with Gasteiger partial charge in [0.05, 0.1) is 24.8 Å². The molecule has 0 aliphatic carbocycles. The largest absolute Gasteiger partial charge is 0.507 e. The summed E-state index contributed by atoms with van der Waals surface area (Å²) in [6, 6.07) is 19.6. The van der Waals surface area contributed by atoms with E-state index >= 15 is 0 Å². The molecule has 38 heavy (non-hydrogen) atoms. The summed E-state index contributed by atoms with van der Waals surface area (Å²) in [4.78, 5) is 34.4. The Labute approximate surface area is 222 Å². The van der Waals surface area contributed by atoms with E-state index in [4.69, 9.17) is 9.47 Å². The maximum absolute atomic E-state index is 13.2. The third kappa shape index (κ3) is 5.77. The van der Waals surface area contributed by atoms with Crippen LogP contribution in [0.3, 0.4) is 0 Å². The molecule has 3 heterocycles. The molecule has 1 unspecified atom stereocenters. The van der Waals surface area contributed by atoms with Crippen molar-refractivity contribution in [2.24, 2.45) is 0 Å². The number of ether oxygens (including phenoxy) is 2. The molecule has 0 saturated carbocycles. The minimum absolute atomic E-state index is 0.0762. The number of carbonyl (C=O) groups excluding carboxylic acids is 2. The van der Waals surface area contributed by atoms with Crippen molar-refractivity contribution in [1.29, 1.82) is 0 Å². The fourth-order valence-corrected chi connectivity index (χ4v) is 4.89. The molecular weight excluding hydrogens is 482 g/mol. The Hall–Kier alpha value is -4.01. The number of pyridine rings is 1. The second-order valence-corrected chi connectivity index (χ2v) is 9.39. The predicted octanol–water partition coefficient (Wildman–Crippen LogP) is 3.80. The molecule has 2 aliphatic rings. The van der Waals surface area contributed by atoms with Crippen molar-refractivity contribution in [2.75, 3.05) is 39.4 Å². The van der Waals surface area contributed by atoms with Crippen molar-refractivity contribution in [2.45, 2.75) is 19.1 Å². The quantitative estimate of drug-likeness (QED) is 0.264. The van der Waals surface area contributed by atoms with E-state index in [0.29, 0.717) is 49.7 Å². The van der Waals surface area contributed by atoms with Gasteiger partial charge in [-0.25, -0.2) is 0 Å². The molecule has 2 aromatic carbocycles. The Morgan fingerprint density at radius 3 is 2.45 bits per heavy atom. The summed E-state index contributed by atoms with van der Waals surface area (Å²) >= 11 is 0. The van der Waals surface area contributed by atoms with Crippen LogP contribution in [0.2, 0.25) is 0 Å². The number of aliphatic hydroxyl groups excluding tert-OH is 1. The highest BCUT2D eigenvalue weighted by Gasteiger charge is 2.45. The van der Waals surface area contributed by atoms with Gasteiger partial charge >= 0.3 is 0 Å². The number of likely N-dealkylation sites (tertiary alicyclic amines) is 1. The Morgan fingerprint density at radius 1 is 0.974 bits per heavy atom. The van der Waals surface area contributed by atoms with Crippen LogP contribution in [-0.2, 0) is 20.9 Å². The Bertz CT molecular complexity index is 1270. The lowest BCUT2D eigenvalue weighted by Gasteiger charge is -2.29. The van der Waals surface area contributed by atoms with Gasteiger partial charge in [0, 0.05) is 44.1 Å². The van der Waals surface area contributed by atoms with Crippen LogP contribution in [0.25, 0.3) is 5.76 Å². The topological polar surface area (TPSA) is 92.2 Å². The Kier molecular flexibility index (Phi) is 8.11. The van der Waals surface area contributed by atoms with E-state index in [-0.39, 0.29) is 11.3 Å². The minimum Gasteiger partial charge on any atom is -0.507 e. The van der Waals surface area contributed by atoms with Crippen molar-refractivity contribution in [3.63, 3.8) is 0 Å². The molecular formula is C30H31N3O5. The first kappa shape index (κ1) is 25.6. The van der Waals surface area contributed by atoms with E-state index in [0.717, 1.165) is 25.2 Å². The van der Waals surface area contributed by atoms with E-state index in [1.54, 1.807) is 47.6 Å². The minimum atomic E-state index is -0.706. The standard InChI is InChI=1S/C30H31N3O5/c34-28(23-9-11-25(12-10-23)38-21-22-6-2-1-3-7-22)26-27(24-8-4-13-31-20-24)33(30(36)29(26)35)15-5-14-32-16-18-37-19-17-32/h1-4,6-13,20,27,34H,5,14-19,21H2/b28-26+. The van der Waals surface area contributed by atoms with Gasteiger partial charge in [-0.1, -0.05) is 36.4 Å². The number of ketones is 1. The molecule has 1 aromatic heterocycles.